The van der Waals surface area contributed by atoms with Gasteiger partial charge < -0.3 is 10.2 Å². The minimum atomic E-state index is -0.290. The highest BCUT2D eigenvalue weighted by Gasteiger charge is 2.41. The van der Waals surface area contributed by atoms with Crippen molar-refractivity contribution in [2.45, 2.75) is 31.8 Å². The van der Waals surface area contributed by atoms with E-state index in [-0.39, 0.29) is 23.5 Å². The second-order valence-electron chi connectivity index (χ2n) is 5.52. The molecule has 1 heterocycles. The molecular weight excluding hydrogens is 259 g/mol. The van der Waals surface area contributed by atoms with Gasteiger partial charge >= 0.3 is 0 Å². The fraction of sp³-hybridized carbons (Fsp3) is 0.467. The van der Waals surface area contributed by atoms with Crippen LogP contribution in [0.25, 0.3) is 0 Å². The summed E-state index contributed by atoms with van der Waals surface area (Å²) < 4.78 is 12.8. The SMILES string of the molecule is O=C(NCc1ccc(F)cc1)[C@H]1CC(=O)N(C2CC2)C1. The van der Waals surface area contributed by atoms with Gasteiger partial charge in [0.2, 0.25) is 11.8 Å². The van der Waals surface area contributed by atoms with Crippen molar-refractivity contribution in [3.8, 4) is 0 Å². The molecule has 106 valence electrons. The largest absolute Gasteiger partial charge is 0.352 e. The fourth-order valence-corrected chi connectivity index (χ4v) is 2.58. The number of hydrogen-bond acceptors (Lipinski definition) is 2. The van der Waals surface area contributed by atoms with Gasteiger partial charge in [0.1, 0.15) is 5.82 Å². The molecule has 2 aliphatic rings. The van der Waals surface area contributed by atoms with Crippen LogP contribution in [0, 0.1) is 11.7 Å². The molecule has 1 aliphatic carbocycles. The lowest BCUT2D eigenvalue weighted by Gasteiger charge is -2.15. The number of carbonyl (C=O) groups excluding carboxylic acids is 2. The van der Waals surface area contributed by atoms with Gasteiger partial charge in [-0.2, -0.15) is 0 Å². The van der Waals surface area contributed by atoms with Crippen LogP contribution in [0.3, 0.4) is 0 Å². The maximum Gasteiger partial charge on any atom is 0.225 e. The molecule has 1 saturated carbocycles. The van der Waals surface area contributed by atoms with Gasteiger partial charge in [-0.25, -0.2) is 4.39 Å². The molecule has 2 amide bonds. The molecule has 20 heavy (non-hydrogen) atoms. The molecule has 0 radical (unpaired) electrons. The molecule has 1 aromatic rings. The normalized spacial score (nSPS) is 22.1. The molecule has 5 heteroatoms. The van der Waals surface area contributed by atoms with E-state index in [2.05, 4.69) is 5.32 Å². The zero-order valence-electron chi connectivity index (χ0n) is 11.1. The van der Waals surface area contributed by atoms with Gasteiger partial charge in [0.25, 0.3) is 0 Å². The van der Waals surface area contributed by atoms with Crippen LogP contribution in [0.15, 0.2) is 24.3 Å². The number of likely N-dealkylation sites (tertiary alicyclic amines) is 1. The first-order valence-corrected chi connectivity index (χ1v) is 6.95. The first-order chi connectivity index (χ1) is 9.63. The molecule has 1 N–H and O–H groups in total. The Morgan fingerprint density at radius 3 is 2.65 bits per heavy atom. The molecule has 2 fully saturated rings. The van der Waals surface area contributed by atoms with Gasteiger partial charge in [-0.1, -0.05) is 12.1 Å². The van der Waals surface area contributed by atoms with E-state index in [9.17, 15) is 14.0 Å². The summed E-state index contributed by atoms with van der Waals surface area (Å²) >= 11 is 0. The molecular formula is C15H17FN2O2. The van der Waals surface area contributed by atoms with Crippen molar-refractivity contribution >= 4 is 11.8 Å². The quantitative estimate of drug-likeness (QED) is 0.905. The lowest BCUT2D eigenvalue weighted by atomic mass is 10.1. The van der Waals surface area contributed by atoms with E-state index in [1.54, 1.807) is 12.1 Å². The van der Waals surface area contributed by atoms with E-state index < -0.39 is 0 Å². The third-order valence-electron chi connectivity index (χ3n) is 3.90. The number of halogens is 1. The second-order valence-corrected chi connectivity index (χ2v) is 5.52. The number of rotatable bonds is 4. The highest BCUT2D eigenvalue weighted by molar-refractivity contribution is 5.89. The highest BCUT2D eigenvalue weighted by atomic mass is 19.1. The topological polar surface area (TPSA) is 49.4 Å². The van der Waals surface area contributed by atoms with E-state index in [0.29, 0.717) is 25.6 Å². The Hall–Kier alpha value is -1.91. The number of carbonyl (C=O) groups is 2. The van der Waals surface area contributed by atoms with Crippen LogP contribution in [-0.4, -0.2) is 29.3 Å². The first-order valence-electron chi connectivity index (χ1n) is 6.95. The third-order valence-corrected chi connectivity index (χ3v) is 3.90. The molecule has 1 saturated heterocycles. The Balaban J connectivity index is 1.52. The number of amides is 2. The molecule has 1 aromatic carbocycles. The Kier molecular flexibility index (Phi) is 3.42. The third kappa shape index (κ3) is 2.81. The molecule has 3 rings (SSSR count). The summed E-state index contributed by atoms with van der Waals surface area (Å²) in [6, 6.07) is 6.40. The minimum absolute atomic E-state index is 0.0918. The van der Waals surface area contributed by atoms with Crippen LogP contribution in [0.2, 0.25) is 0 Å². The van der Waals surface area contributed by atoms with Crippen LogP contribution in [0.5, 0.6) is 0 Å². The average Bonchev–Trinajstić information content (AvgIpc) is 3.21. The van der Waals surface area contributed by atoms with Crippen molar-refractivity contribution in [3.05, 3.63) is 35.6 Å². The Morgan fingerprint density at radius 2 is 2.00 bits per heavy atom. The maximum atomic E-state index is 12.8. The fourth-order valence-electron chi connectivity index (χ4n) is 2.58. The van der Waals surface area contributed by atoms with E-state index in [1.807, 2.05) is 4.90 Å². The van der Waals surface area contributed by atoms with Crippen LogP contribution in [-0.2, 0) is 16.1 Å². The molecule has 0 spiro atoms. The van der Waals surface area contributed by atoms with Crippen LogP contribution in [0.1, 0.15) is 24.8 Å². The number of benzene rings is 1. The Labute approximate surface area is 117 Å². The summed E-state index contributed by atoms with van der Waals surface area (Å²) in [7, 11) is 0. The summed E-state index contributed by atoms with van der Waals surface area (Å²) in [5.74, 6) is -0.537. The summed E-state index contributed by atoms with van der Waals surface area (Å²) in [6.07, 6.45) is 2.44. The molecule has 0 bridgehead atoms. The molecule has 4 nitrogen and oxygen atoms in total. The number of hydrogen-bond donors (Lipinski definition) is 1. The van der Waals surface area contributed by atoms with Crippen molar-refractivity contribution < 1.29 is 14.0 Å². The highest BCUT2D eigenvalue weighted by Crippen LogP contribution is 2.32. The van der Waals surface area contributed by atoms with Crippen LogP contribution in [0.4, 0.5) is 4.39 Å². The maximum absolute atomic E-state index is 12.8. The van der Waals surface area contributed by atoms with E-state index in [0.717, 1.165) is 18.4 Å². The smallest absolute Gasteiger partial charge is 0.225 e. The van der Waals surface area contributed by atoms with Gasteiger partial charge in [0.05, 0.1) is 5.92 Å². The monoisotopic (exact) mass is 276 g/mol. The van der Waals surface area contributed by atoms with E-state index >= 15 is 0 Å². The van der Waals surface area contributed by atoms with Crippen molar-refractivity contribution in [3.63, 3.8) is 0 Å². The van der Waals surface area contributed by atoms with Crippen LogP contribution < -0.4 is 5.32 Å². The minimum Gasteiger partial charge on any atom is -0.352 e. The van der Waals surface area contributed by atoms with Gasteiger partial charge in [0.15, 0.2) is 0 Å². The number of nitrogens with zero attached hydrogens (tertiary/aromatic N) is 1. The Morgan fingerprint density at radius 1 is 1.30 bits per heavy atom. The van der Waals surface area contributed by atoms with Crippen molar-refractivity contribution in [2.24, 2.45) is 5.92 Å². The summed E-state index contributed by atoms with van der Waals surface area (Å²) in [4.78, 5) is 25.7. The second kappa shape index (κ2) is 5.23. The van der Waals surface area contributed by atoms with E-state index in [1.165, 1.54) is 12.1 Å². The van der Waals surface area contributed by atoms with Gasteiger partial charge in [-0.3, -0.25) is 9.59 Å². The molecule has 1 atom stereocenters. The Bertz CT molecular complexity index is 525. The zero-order valence-corrected chi connectivity index (χ0v) is 11.1. The number of nitrogens with one attached hydrogen (secondary N) is 1. The van der Waals surface area contributed by atoms with Gasteiger partial charge in [-0.05, 0) is 30.5 Å². The molecule has 0 aromatic heterocycles. The average molecular weight is 276 g/mol. The molecule has 1 aliphatic heterocycles. The molecule has 0 unspecified atom stereocenters. The lowest BCUT2D eigenvalue weighted by molar-refractivity contribution is -0.129. The van der Waals surface area contributed by atoms with Crippen LogP contribution >= 0.6 is 0 Å². The predicted molar refractivity (Wildman–Crippen MR) is 71.1 cm³/mol. The summed E-state index contributed by atoms with van der Waals surface area (Å²) in [5.41, 5.74) is 0.850. The van der Waals surface area contributed by atoms with Crippen molar-refractivity contribution in [2.75, 3.05) is 6.54 Å². The van der Waals surface area contributed by atoms with Gasteiger partial charge in [0, 0.05) is 25.6 Å². The zero-order chi connectivity index (χ0) is 14.1. The van der Waals surface area contributed by atoms with E-state index in [4.69, 9.17) is 0 Å². The van der Waals surface area contributed by atoms with Gasteiger partial charge in [-0.15, -0.1) is 0 Å². The predicted octanol–water partition coefficient (Wildman–Crippen LogP) is 1.45. The lowest BCUT2D eigenvalue weighted by Crippen LogP contribution is -2.33. The summed E-state index contributed by atoms with van der Waals surface area (Å²) in [5, 5.41) is 2.82. The van der Waals surface area contributed by atoms with Crippen molar-refractivity contribution in [1.82, 2.24) is 10.2 Å². The van der Waals surface area contributed by atoms with Crippen molar-refractivity contribution in [1.29, 1.82) is 0 Å². The first kappa shape index (κ1) is 13.1. The standard InChI is InChI=1S/C15H17FN2O2/c16-12-3-1-10(2-4-12)8-17-15(20)11-7-14(19)18(9-11)13-5-6-13/h1-4,11,13H,5-9H2,(H,17,20)/t11-/m0/s1. The summed E-state index contributed by atoms with van der Waals surface area (Å²) in [6.45, 7) is 0.909.